The molecule has 0 amide bonds. The van der Waals surface area contributed by atoms with Crippen molar-refractivity contribution in [3.63, 3.8) is 0 Å². The summed E-state index contributed by atoms with van der Waals surface area (Å²) in [5.74, 6) is -0.352. The van der Waals surface area contributed by atoms with E-state index in [9.17, 15) is 8.96 Å². The first-order chi connectivity index (χ1) is 8.48. The Kier molecular flexibility index (Phi) is 3.48. The summed E-state index contributed by atoms with van der Waals surface area (Å²) in [6.07, 6.45) is 3.14. The van der Waals surface area contributed by atoms with Crippen LogP contribution in [0.2, 0.25) is 0 Å². The Morgan fingerprint density at radius 2 is 1.89 bits per heavy atom. The molecule has 0 saturated heterocycles. The minimum atomic E-state index is -2.43. The third kappa shape index (κ3) is 2.77. The molecule has 1 N–H and O–H groups in total. The Balaban J connectivity index is 2.42. The summed E-state index contributed by atoms with van der Waals surface area (Å²) in [4.78, 5) is 3.98. The van der Waals surface area contributed by atoms with E-state index < -0.39 is 7.14 Å². The molecule has 0 unspecified atom stereocenters. The number of nitrogens with one attached hydrogen (secondary N) is 1. The molecule has 2 aromatic rings. The molecule has 1 aromatic carbocycles. The van der Waals surface area contributed by atoms with Gasteiger partial charge in [0.15, 0.2) is 0 Å². The van der Waals surface area contributed by atoms with E-state index in [4.69, 9.17) is 0 Å². The number of para-hydroxylation sites is 1. The van der Waals surface area contributed by atoms with Gasteiger partial charge in [-0.3, -0.25) is 4.98 Å². The quantitative estimate of drug-likeness (QED) is 0.865. The van der Waals surface area contributed by atoms with Crippen LogP contribution in [-0.4, -0.2) is 18.3 Å². The Labute approximate surface area is 105 Å². The van der Waals surface area contributed by atoms with Gasteiger partial charge in [0.05, 0.1) is 17.6 Å². The predicted octanol–water partition coefficient (Wildman–Crippen LogP) is 3.21. The maximum absolute atomic E-state index is 13.6. The van der Waals surface area contributed by atoms with E-state index >= 15 is 0 Å². The van der Waals surface area contributed by atoms with E-state index in [0.29, 0.717) is 16.7 Å². The Morgan fingerprint density at radius 3 is 2.56 bits per heavy atom. The van der Waals surface area contributed by atoms with Crippen molar-refractivity contribution in [2.45, 2.75) is 0 Å². The smallest absolute Gasteiger partial charge is 0.146 e. The monoisotopic (exact) mass is 264 g/mol. The number of nitrogens with zero attached hydrogens (tertiary/aromatic N) is 1. The van der Waals surface area contributed by atoms with Gasteiger partial charge >= 0.3 is 0 Å². The van der Waals surface area contributed by atoms with Crippen LogP contribution in [0.25, 0.3) is 0 Å². The van der Waals surface area contributed by atoms with Gasteiger partial charge in [-0.05, 0) is 31.5 Å². The lowest BCUT2D eigenvalue weighted by Crippen LogP contribution is -2.10. The fourth-order valence-corrected chi connectivity index (χ4v) is 2.78. The molecule has 0 aliphatic heterocycles. The first-order valence-electron chi connectivity index (χ1n) is 5.49. The highest BCUT2D eigenvalue weighted by atomic mass is 31.2. The molecule has 0 bridgehead atoms. The van der Waals surface area contributed by atoms with Crippen LogP contribution in [0.1, 0.15) is 0 Å². The zero-order valence-corrected chi connectivity index (χ0v) is 11.1. The molecule has 1 heterocycles. The van der Waals surface area contributed by atoms with Gasteiger partial charge in [0, 0.05) is 11.5 Å². The van der Waals surface area contributed by atoms with Gasteiger partial charge in [-0.15, -0.1) is 0 Å². The Hall–Kier alpha value is -1.67. The van der Waals surface area contributed by atoms with E-state index in [1.807, 2.05) is 0 Å². The van der Waals surface area contributed by atoms with Crippen molar-refractivity contribution in [1.29, 1.82) is 0 Å². The lowest BCUT2D eigenvalue weighted by atomic mass is 10.3. The van der Waals surface area contributed by atoms with Crippen LogP contribution in [0.4, 0.5) is 15.8 Å². The summed E-state index contributed by atoms with van der Waals surface area (Å²) in [6.45, 7) is 3.35. The first kappa shape index (κ1) is 12.8. The zero-order valence-electron chi connectivity index (χ0n) is 10.2. The maximum Gasteiger partial charge on any atom is 0.146 e. The molecule has 0 saturated carbocycles. The second kappa shape index (κ2) is 4.91. The van der Waals surface area contributed by atoms with E-state index in [1.54, 1.807) is 50.0 Å². The van der Waals surface area contributed by atoms with Crippen LogP contribution in [0.15, 0.2) is 42.7 Å². The normalized spacial score (nSPS) is 11.3. The number of anilines is 2. The predicted molar refractivity (Wildman–Crippen MR) is 73.0 cm³/mol. The number of aromatic nitrogens is 1. The second-order valence-corrected chi connectivity index (χ2v) is 7.53. The topological polar surface area (TPSA) is 42.0 Å². The highest BCUT2D eigenvalue weighted by Crippen LogP contribution is 2.38. The molecule has 0 aliphatic rings. The van der Waals surface area contributed by atoms with Gasteiger partial charge in [-0.25, -0.2) is 4.39 Å². The van der Waals surface area contributed by atoms with Gasteiger partial charge in [0.1, 0.15) is 13.0 Å². The first-order valence-corrected chi connectivity index (χ1v) is 8.10. The number of hydrogen-bond donors (Lipinski definition) is 1. The zero-order chi connectivity index (χ0) is 13.2. The Morgan fingerprint density at radius 1 is 1.17 bits per heavy atom. The lowest BCUT2D eigenvalue weighted by Gasteiger charge is -2.14. The fourth-order valence-electron chi connectivity index (χ4n) is 1.66. The van der Waals surface area contributed by atoms with Crippen molar-refractivity contribution < 1.29 is 8.96 Å². The maximum atomic E-state index is 13.6. The highest BCUT2D eigenvalue weighted by Gasteiger charge is 2.16. The number of pyridine rings is 1. The van der Waals surface area contributed by atoms with Crippen molar-refractivity contribution in [3.8, 4) is 0 Å². The largest absolute Gasteiger partial charge is 0.351 e. The summed E-state index contributed by atoms with van der Waals surface area (Å²) in [5.41, 5.74) is 0.927. The van der Waals surface area contributed by atoms with Crippen molar-refractivity contribution >= 4 is 23.8 Å². The van der Waals surface area contributed by atoms with Crippen LogP contribution in [0.5, 0.6) is 0 Å². The van der Waals surface area contributed by atoms with Crippen LogP contribution in [0.3, 0.4) is 0 Å². The second-order valence-electron chi connectivity index (χ2n) is 4.35. The summed E-state index contributed by atoms with van der Waals surface area (Å²) >= 11 is 0. The number of benzene rings is 1. The molecule has 0 spiro atoms. The SMILES string of the molecule is CP(C)(=O)c1ccncc1Nc1ccccc1F. The van der Waals surface area contributed by atoms with Crippen molar-refractivity contribution in [1.82, 2.24) is 4.98 Å². The minimum absolute atomic E-state index is 0.347. The van der Waals surface area contributed by atoms with Crippen molar-refractivity contribution in [2.24, 2.45) is 0 Å². The molecular weight excluding hydrogens is 250 g/mol. The van der Waals surface area contributed by atoms with Crippen molar-refractivity contribution in [2.75, 3.05) is 18.6 Å². The van der Waals surface area contributed by atoms with Gasteiger partial charge in [0.2, 0.25) is 0 Å². The molecule has 94 valence electrons. The number of halogens is 1. The van der Waals surface area contributed by atoms with Gasteiger partial charge in [-0.1, -0.05) is 12.1 Å². The van der Waals surface area contributed by atoms with E-state index in [1.165, 1.54) is 6.07 Å². The van der Waals surface area contributed by atoms with Crippen LogP contribution >= 0.6 is 7.14 Å². The molecule has 1 aromatic heterocycles. The van der Waals surface area contributed by atoms with Crippen LogP contribution in [0, 0.1) is 5.82 Å². The minimum Gasteiger partial charge on any atom is -0.351 e. The summed E-state index contributed by atoms with van der Waals surface area (Å²) in [7, 11) is -2.43. The fraction of sp³-hybridized carbons (Fsp3) is 0.154. The van der Waals surface area contributed by atoms with Gasteiger partial charge in [0.25, 0.3) is 0 Å². The van der Waals surface area contributed by atoms with Crippen LogP contribution in [-0.2, 0) is 4.57 Å². The molecular formula is C13H14FN2OP. The number of rotatable bonds is 3. The Bertz CT molecular complexity index is 609. The molecule has 0 fully saturated rings. The molecule has 0 radical (unpaired) electrons. The standard InChI is InChI=1S/C13H14FN2OP/c1-18(2,17)13-7-8-15-9-12(13)16-11-6-4-3-5-10(11)14/h3-9,16H,1-2H3. The van der Waals surface area contributed by atoms with E-state index in [-0.39, 0.29) is 5.82 Å². The van der Waals surface area contributed by atoms with Crippen LogP contribution < -0.4 is 10.6 Å². The lowest BCUT2D eigenvalue weighted by molar-refractivity contribution is 0.588. The number of hydrogen-bond acceptors (Lipinski definition) is 3. The van der Waals surface area contributed by atoms with Gasteiger partial charge in [-0.2, -0.15) is 0 Å². The van der Waals surface area contributed by atoms with Crippen molar-refractivity contribution in [3.05, 3.63) is 48.5 Å². The van der Waals surface area contributed by atoms with Gasteiger partial charge < -0.3 is 9.88 Å². The molecule has 3 nitrogen and oxygen atoms in total. The molecule has 0 atom stereocenters. The molecule has 5 heteroatoms. The summed E-state index contributed by atoms with van der Waals surface area (Å²) < 4.78 is 25.7. The summed E-state index contributed by atoms with van der Waals surface area (Å²) in [5, 5.41) is 3.60. The highest BCUT2D eigenvalue weighted by molar-refractivity contribution is 7.70. The van der Waals surface area contributed by atoms with E-state index in [2.05, 4.69) is 10.3 Å². The molecule has 18 heavy (non-hydrogen) atoms. The molecule has 2 rings (SSSR count). The average molecular weight is 264 g/mol. The third-order valence-electron chi connectivity index (χ3n) is 2.52. The summed E-state index contributed by atoms with van der Waals surface area (Å²) in [6, 6.07) is 8.05. The molecule has 0 aliphatic carbocycles. The third-order valence-corrected chi connectivity index (χ3v) is 4.07. The average Bonchev–Trinajstić information content (AvgIpc) is 2.31. The van der Waals surface area contributed by atoms with E-state index in [0.717, 1.165) is 0 Å².